The number of hydrogen-bond donors (Lipinski definition) is 3. The largest absolute Gasteiger partial charge is 0.390 e. The maximum Gasteiger partial charge on any atom is 0.275 e. The van der Waals surface area contributed by atoms with Gasteiger partial charge in [-0.2, -0.15) is 0 Å². The number of aliphatic hydroxyl groups is 2. The van der Waals surface area contributed by atoms with Crippen LogP contribution in [0.5, 0.6) is 0 Å². The van der Waals surface area contributed by atoms with Gasteiger partial charge in [-0.05, 0) is 38.6 Å². The minimum atomic E-state index is -1.36. The summed E-state index contributed by atoms with van der Waals surface area (Å²) in [6, 6.07) is 1.81. The molecule has 6 nitrogen and oxygen atoms in total. The van der Waals surface area contributed by atoms with Crippen LogP contribution in [0.25, 0.3) is 0 Å². The number of nitro groups is 1. The Bertz CT molecular complexity index is 467. The van der Waals surface area contributed by atoms with Gasteiger partial charge in [-0.15, -0.1) is 0 Å². The summed E-state index contributed by atoms with van der Waals surface area (Å²) in [5, 5.41) is 33.3. The number of nitro benzene ring substituents is 1. The molecule has 0 aliphatic heterocycles. The van der Waals surface area contributed by atoms with Crippen molar-refractivity contribution in [3.8, 4) is 0 Å². The summed E-state index contributed by atoms with van der Waals surface area (Å²) in [5.41, 5.74) is -0.215. The third-order valence-electron chi connectivity index (χ3n) is 2.96. The Balaban J connectivity index is 3.08. The lowest BCUT2D eigenvalue weighted by molar-refractivity contribution is -0.385. The Morgan fingerprint density at radius 2 is 2.11 bits per heavy atom. The van der Waals surface area contributed by atoms with Crippen LogP contribution in [0.4, 0.5) is 10.1 Å². The van der Waals surface area contributed by atoms with Gasteiger partial charge in [0.05, 0.1) is 17.1 Å². The first-order valence-corrected chi connectivity index (χ1v) is 5.83. The minimum absolute atomic E-state index is 0.0373. The molecule has 0 saturated carbocycles. The molecule has 2 atom stereocenters. The van der Waals surface area contributed by atoms with Crippen molar-refractivity contribution in [2.75, 3.05) is 13.6 Å². The van der Waals surface area contributed by atoms with Gasteiger partial charge in [0.2, 0.25) is 0 Å². The van der Waals surface area contributed by atoms with E-state index in [2.05, 4.69) is 5.32 Å². The fourth-order valence-electron chi connectivity index (χ4n) is 1.84. The Kier molecular flexibility index (Phi) is 5.34. The van der Waals surface area contributed by atoms with E-state index in [1.807, 2.05) is 0 Å². The second kappa shape index (κ2) is 6.55. The van der Waals surface area contributed by atoms with Crippen LogP contribution in [-0.2, 0) is 0 Å². The predicted molar refractivity (Wildman–Crippen MR) is 67.3 cm³/mol. The van der Waals surface area contributed by atoms with E-state index in [0.29, 0.717) is 6.54 Å². The zero-order valence-corrected chi connectivity index (χ0v) is 10.8. The molecular weight excluding hydrogens is 255 g/mol. The predicted octanol–water partition coefficient (Wildman–Crippen LogP) is 1.05. The van der Waals surface area contributed by atoms with Crippen molar-refractivity contribution in [1.82, 2.24) is 5.32 Å². The van der Waals surface area contributed by atoms with Crippen molar-refractivity contribution in [3.63, 3.8) is 0 Å². The number of nitrogens with one attached hydrogen (secondary N) is 1. The van der Waals surface area contributed by atoms with Crippen LogP contribution in [-0.4, -0.2) is 34.8 Å². The van der Waals surface area contributed by atoms with Gasteiger partial charge >= 0.3 is 0 Å². The third-order valence-corrected chi connectivity index (χ3v) is 2.96. The zero-order valence-electron chi connectivity index (χ0n) is 10.8. The first-order chi connectivity index (χ1) is 8.88. The number of benzene rings is 1. The van der Waals surface area contributed by atoms with E-state index in [1.54, 1.807) is 7.05 Å². The molecule has 19 heavy (non-hydrogen) atoms. The van der Waals surface area contributed by atoms with E-state index in [0.717, 1.165) is 12.1 Å². The topological polar surface area (TPSA) is 95.6 Å². The molecule has 3 N–H and O–H groups in total. The molecule has 0 amide bonds. The number of nitrogens with zero attached hydrogens (tertiary/aromatic N) is 1. The van der Waals surface area contributed by atoms with Crippen LogP contribution >= 0.6 is 0 Å². The van der Waals surface area contributed by atoms with Crippen molar-refractivity contribution in [3.05, 3.63) is 39.2 Å². The molecule has 0 fully saturated rings. The van der Waals surface area contributed by atoms with Gasteiger partial charge in [-0.25, -0.2) is 4.39 Å². The van der Waals surface area contributed by atoms with Crippen LogP contribution in [0, 0.1) is 22.9 Å². The summed E-state index contributed by atoms with van der Waals surface area (Å²) < 4.78 is 13.3. The van der Waals surface area contributed by atoms with E-state index < -0.39 is 28.6 Å². The van der Waals surface area contributed by atoms with Crippen LogP contribution < -0.4 is 5.32 Å². The fraction of sp³-hybridized carbons (Fsp3) is 0.500. The van der Waals surface area contributed by atoms with E-state index >= 15 is 0 Å². The number of hydrogen-bond acceptors (Lipinski definition) is 5. The molecule has 1 rings (SSSR count). The summed E-state index contributed by atoms with van der Waals surface area (Å²) in [7, 11) is 1.69. The molecule has 0 aliphatic rings. The first-order valence-electron chi connectivity index (χ1n) is 5.83. The zero-order chi connectivity index (χ0) is 14.6. The van der Waals surface area contributed by atoms with Crippen LogP contribution in [0.1, 0.15) is 23.7 Å². The molecule has 0 aliphatic carbocycles. The van der Waals surface area contributed by atoms with Crippen molar-refractivity contribution in [1.29, 1.82) is 0 Å². The molecule has 1 aromatic carbocycles. The fourth-order valence-corrected chi connectivity index (χ4v) is 1.84. The summed E-state index contributed by atoms with van der Waals surface area (Å²) >= 11 is 0. The number of halogens is 1. The average Bonchev–Trinajstić information content (AvgIpc) is 2.37. The molecule has 0 saturated heterocycles. The second-order valence-corrected chi connectivity index (χ2v) is 4.30. The van der Waals surface area contributed by atoms with E-state index in [4.69, 9.17) is 0 Å². The molecule has 1 aromatic rings. The molecule has 106 valence electrons. The molecule has 0 spiro atoms. The highest BCUT2D eigenvalue weighted by Crippen LogP contribution is 2.29. The normalized spacial score (nSPS) is 14.2. The van der Waals surface area contributed by atoms with Crippen molar-refractivity contribution >= 4 is 5.69 Å². The Labute approximate surface area is 110 Å². The molecule has 0 radical (unpaired) electrons. The summed E-state index contributed by atoms with van der Waals surface area (Å²) in [4.78, 5) is 10.1. The summed E-state index contributed by atoms with van der Waals surface area (Å²) in [6.45, 7) is 1.88. The van der Waals surface area contributed by atoms with Crippen molar-refractivity contribution in [2.45, 2.75) is 25.6 Å². The summed E-state index contributed by atoms with van der Waals surface area (Å²) in [5.74, 6) is -0.813. The standard InChI is InChI=1S/C12H17FN2O4/c1-7-9(12(17)11(16)3-4-14-2)5-8(13)6-10(7)15(18)19/h5-6,11-12,14,16-17H,3-4H2,1-2H3. The summed E-state index contributed by atoms with van der Waals surface area (Å²) in [6.07, 6.45) is -2.23. The van der Waals surface area contributed by atoms with Gasteiger partial charge in [-0.3, -0.25) is 10.1 Å². The highest BCUT2D eigenvalue weighted by molar-refractivity contribution is 5.46. The Morgan fingerprint density at radius 3 is 2.63 bits per heavy atom. The Morgan fingerprint density at radius 1 is 1.47 bits per heavy atom. The van der Waals surface area contributed by atoms with Crippen LogP contribution in [0.15, 0.2) is 12.1 Å². The average molecular weight is 272 g/mol. The smallest absolute Gasteiger partial charge is 0.275 e. The van der Waals surface area contributed by atoms with E-state index in [9.17, 15) is 24.7 Å². The monoisotopic (exact) mass is 272 g/mol. The van der Waals surface area contributed by atoms with Crippen molar-refractivity contribution in [2.24, 2.45) is 0 Å². The van der Waals surface area contributed by atoms with E-state index in [-0.39, 0.29) is 17.5 Å². The van der Waals surface area contributed by atoms with Gasteiger partial charge in [0.1, 0.15) is 11.9 Å². The second-order valence-electron chi connectivity index (χ2n) is 4.30. The molecule has 0 bridgehead atoms. The lowest BCUT2D eigenvalue weighted by Crippen LogP contribution is -2.24. The molecule has 0 aromatic heterocycles. The molecule has 0 heterocycles. The maximum absolute atomic E-state index is 13.3. The van der Waals surface area contributed by atoms with Gasteiger partial charge in [-0.1, -0.05) is 0 Å². The maximum atomic E-state index is 13.3. The molecule has 2 unspecified atom stereocenters. The molecular formula is C12H17FN2O4. The van der Waals surface area contributed by atoms with Gasteiger partial charge < -0.3 is 15.5 Å². The quantitative estimate of drug-likeness (QED) is 0.531. The van der Waals surface area contributed by atoms with Gasteiger partial charge in [0.25, 0.3) is 5.69 Å². The highest BCUT2D eigenvalue weighted by Gasteiger charge is 2.25. The van der Waals surface area contributed by atoms with E-state index in [1.165, 1.54) is 6.92 Å². The molecule has 7 heteroatoms. The third kappa shape index (κ3) is 3.69. The number of rotatable bonds is 6. The lowest BCUT2D eigenvalue weighted by atomic mass is 9.96. The first kappa shape index (κ1) is 15.5. The highest BCUT2D eigenvalue weighted by atomic mass is 19.1. The van der Waals surface area contributed by atoms with Gasteiger partial charge in [0, 0.05) is 5.56 Å². The SMILES string of the molecule is CNCCC(O)C(O)c1cc(F)cc([N+](=O)[O-])c1C. The number of aliphatic hydroxyl groups excluding tert-OH is 2. The van der Waals surface area contributed by atoms with Crippen molar-refractivity contribution < 1.29 is 19.5 Å². The van der Waals surface area contributed by atoms with Gasteiger partial charge in [0.15, 0.2) is 0 Å². The van der Waals surface area contributed by atoms with Crippen LogP contribution in [0.2, 0.25) is 0 Å². The lowest BCUT2D eigenvalue weighted by Gasteiger charge is -2.19. The minimum Gasteiger partial charge on any atom is -0.390 e. The van der Waals surface area contributed by atoms with Crippen LogP contribution in [0.3, 0.4) is 0 Å². The Hall–Kier alpha value is -1.57.